The van der Waals surface area contributed by atoms with E-state index in [0.717, 1.165) is 5.69 Å². The molecule has 0 saturated heterocycles. The van der Waals surface area contributed by atoms with Crippen molar-refractivity contribution < 1.29 is 9.18 Å². The van der Waals surface area contributed by atoms with Gasteiger partial charge in [-0.15, -0.1) is 0 Å². The molecule has 0 fully saturated rings. The predicted octanol–water partition coefficient (Wildman–Crippen LogP) is 2.33. The number of hydrogen-bond donors (Lipinski definition) is 0. The monoisotopic (exact) mass is 218 g/mol. The highest BCUT2D eigenvalue weighted by Gasteiger charge is 2.15. The predicted molar refractivity (Wildman–Crippen MR) is 57.8 cm³/mol. The number of rotatable bonds is 1. The average molecular weight is 218 g/mol. The van der Waals surface area contributed by atoms with E-state index in [2.05, 4.69) is 5.10 Å². The molecule has 0 radical (unpaired) electrons. The lowest BCUT2D eigenvalue weighted by Gasteiger charge is -2.03. The molecule has 2 aromatic rings. The first-order valence-corrected chi connectivity index (χ1v) is 4.92. The maximum atomic E-state index is 13.4. The Hall–Kier alpha value is -1.97. The normalized spacial score (nSPS) is 10.4. The van der Waals surface area contributed by atoms with Crippen LogP contribution in [0.2, 0.25) is 0 Å². The molecule has 0 atom stereocenters. The maximum Gasteiger partial charge on any atom is 0.281 e. The van der Waals surface area contributed by atoms with Gasteiger partial charge < -0.3 is 0 Å². The minimum Gasteiger partial charge on any atom is -0.267 e. The number of carbonyl (C=O) groups excluding carboxylic acids is 1. The Morgan fingerprint density at radius 1 is 1.31 bits per heavy atom. The lowest BCUT2D eigenvalue weighted by atomic mass is 10.2. The SMILES string of the molecule is Cc1cc(C)n(C(=O)c2ccccc2F)n1. The third kappa shape index (κ3) is 1.74. The van der Waals surface area contributed by atoms with Crippen LogP contribution >= 0.6 is 0 Å². The zero-order chi connectivity index (χ0) is 11.7. The number of aromatic nitrogens is 2. The Bertz CT molecular complexity index is 546. The van der Waals surface area contributed by atoms with Crippen molar-refractivity contribution in [1.82, 2.24) is 9.78 Å². The molecule has 0 aliphatic carbocycles. The van der Waals surface area contributed by atoms with Gasteiger partial charge in [-0.2, -0.15) is 5.10 Å². The highest BCUT2D eigenvalue weighted by Crippen LogP contribution is 2.10. The highest BCUT2D eigenvalue weighted by molar-refractivity contribution is 5.96. The van der Waals surface area contributed by atoms with Gasteiger partial charge in [0.25, 0.3) is 5.91 Å². The minimum atomic E-state index is -0.528. The van der Waals surface area contributed by atoms with Gasteiger partial charge in [-0.05, 0) is 32.0 Å². The number of aryl methyl sites for hydroxylation is 2. The Labute approximate surface area is 92.5 Å². The molecule has 1 aromatic heterocycles. The molecule has 0 saturated carbocycles. The van der Waals surface area contributed by atoms with E-state index in [1.165, 1.54) is 16.8 Å². The van der Waals surface area contributed by atoms with Crippen LogP contribution in [0.4, 0.5) is 4.39 Å². The first-order valence-electron chi connectivity index (χ1n) is 4.92. The Balaban J connectivity index is 2.47. The molecule has 1 heterocycles. The molecule has 0 aliphatic rings. The quantitative estimate of drug-likeness (QED) is 0.736. The zero-order valence-electron chi connectivity index (χ0n) is 9.07. The number of hydrogen-bond acceptors (Lipinski definition) is 2. The van der Waals surface area contributed by atoms with Crippen LogP contribution < -0.4 is 0 Å². The van der Waals surface area contributed by atoms with Crippen LogP contribution in [0.1, 0.15) is 21.7 Å². The Kier molecular flexibility index (Phi) is 2.56. The molecule has 0 bridgehead atoms. The first-order chi connectivity index (χ1) is 7.59. The summed E-state index contributed by atoms with van der Waals surface area (Å²) in [5.74, 6) is -0.969. The van der Waals surface area contributed by atoms with E-state index in [0.29, 0.717) is 5.69 Å². The van der Waals surface area contributed by atoms with Crippen LogP contribution in [0.3, 0.4) is 0 Å². The van der Waals surface area contributed by atoms with E-state index >= 15 is 0 Å². The van der Waals surface area contributed by atoms with Gasteiger partial charge >= 0.3 is 0 Å². The fraction of sp³-hybridized carbons (Fsp3) is 0.167. The summed E-state index contributed by atoms with van der Waals surface area (Å²) in [7, 11) is 0. The fourth-order valence-electron chi connectivity index (χ4n) is 1.58. The number of carbonyl (C=O) groups is 1. The van der Waals surface area contributed by atoms with Crippen LogP contribution in [0, 0.1) is 19.7 Å². The molecule has 1 aromatic carbocycles. The molecule has 0 unspecified atom stereocenters. The second-order valence-corrected chi connectivity index (χ2v) is 3.62. The third-order valence-electron chi connectivity index (χ3n) is 2.31. The molecule has 4 heteroatoms. The largest absolute Gasteiger partial charge is 0.281 e. The van der Waals surface area contributed by atoms with Gasteiger partial charge in [0.05, 0.1) is 11.3 Å². The van der Waals surface area contributed by atoms with Gasteiger partial charge in [0.1, 0.15) is 5.82 Å². The molecule has 16 heavy (non-hydrogen) atoms. The van der Waals surface area contributed by atoms with Gasteiger partial charge in [0.15, 0.2) is 0 Å². The van der Waals surface area contributed by atoms with E-state index in [-0.39, 0.29) is 5.56 Å². The molecule has 0 aliphatic heterocycles. The summed E-state index contributed by atoms with van der Waals surface area (Å²) in [4.78, 5) is 12.0. The lowest BCUT2D eigenvalue weighted by Crippen LogP contribution is -2.16. The Morgan fingerprint density at radius 3 is 2.56 bits per heavy atom. The average Bonchev–Trinajstić information content (AvgIpc) is 2.58. The fourth-order valence-corrected chi connectivity index (χ4v) is 1.58. The topological polar surface area (TPSA) is 34.9 Å². The first kappa shape index (κ1) is 10.5. The third-order valence-corrected chi connectivity index (χ3v) is 2.31. The summed E-state index contributed by atoms with van der Waals surface area (Å²) in [6, 6.07) is 7.67. The summed E-state index contributed by atoms with van der Waals surface area (Å²) in [6.45, 7) is 3.55. The van der Waals surface area contributed by atoms with Gasteiger partial charge in [-0.1, -0.05) is 12.1 Å². The van der Waals surface area contributed by atoms with Crippen molar-refractivity contribution in [3.8, 4) is 0 Å². The molecule has 0 N–H and O–H groups in total. The summed E-state index contributed by atoms with van der Waals surface area (Å²) < 4.78 is 14.6. The van der Waals surface area contributed by atoms with E-state index < -0.39 is 11.7 Å². The number of halogens is 1. The summed E-state index contributed by atoms with van der Waals surface area (Å²) in [5, 5.41) is 4.03. The lowest BCUT2D eigenvalue weighted by molar-refractivity contribution is 0.0938. The van der Waals surface area contributed by atoms with Crippen molar-refractivity contribution in [3.63, 3.8) is 0 Å². The molecular weight excluding hydrogens is 207 g/mol. The van der Waals surface area contributed by atoms with Crippen molar-refractivity contribution >= 4 is 5.91 Å². The van der Waals surface area contributed by atoms with Crippen LogP contribution in [0.15, 0.2) is 30.3 Å². The zero-order valence-corrected chi connectivity index (χ0v) is 9.07. The van der Waals surface area contributed by atoms with Crippen LogP contribution in [-0.4, -0.2) is 15.7 Å². The molecule has 2 rings (SSSR count). The molecule has 0 spiro atoms. The van der Waals surface area contributed by atoms with Crippen molar-refractivity contribution in [3.05, 3.63) is 53.1 Å². The number of nitrogens with zero attached hydrogens (tertiary/aromatic N) is 2. The van der Waals surface area contributed by atoms with Crippen LogP contribution in [-0.2, 0) is 0 Å². The van der Waals surface area contributed by atoms with Crippen molar-refractivity contribution in [2.45, 2.75) is 13.8 Å². The van der Waals surface area contributed by atoms with Crippen molar-refractivity contribution in [2.75, 3.05) is 0 Å². The molecule has 82 valence electrons. The van der Waals surface area contributed by atoms with Gasteiger partial charge in [0, 0.05) is 5.69 Å². The van der Waals surface area contributed by atoms with Gasteiger partial charge in [0.2, 0.25) is 0 Å². The van der Waals surface area contributed by atoms with Crippen molar-refractivity contribution in [1.29, 1.82) is 0 Å². The van der Waals surface area contributed by atoms with E-state index in [1.54, 1.807) is 32.0 Å². The second kappa shape index (κ2) is 3.89. The van der Waals surface area contributed by atoms with Gasteiger partial charge in [-0.3, -0.25) is 4.79 Å². The minimum absolute atomic E-state index is 0.0358. The summed E-state index contributed by atoms with van der Waals surface area (Å²) in [5.41, 5.74) is 1.47. The molecular formula is C12H11FN2O. The standard InChI is InChI=1S/C12H11FN2O/c1-8-7-9(2)15(14-8)12(16)10-5-3-4-6-11(10)13/h3-7H,1-2H3. The summed E-state index contributed by atoms with van der Waals surface area (Å²) in [6.07, 6.45) is 0. The molecule has 3 nitrogen and oxygen atoms in total. The Morgan fingerprint density at radius 2 is 2.00 bits per heavy atom. The van der Waals surface area contributed by atoms with Crippen LogP contribution in [0.25, 0.3) is 0 Å². The highest BCUT2D eigenvalue weighted by atomic mass is 19.1. The van der Waals surface area contributed by atoms with Crippen molar-refractivity contribution in [2.24, 2.45) is 0 Å². The maximum absolute atomic E-state index is 13.4. The molecule has 0 amide bonds. The van der Waals surface area contributed by atoms with Crippen LogP contribution in [0.5, 0.6) is 0 Å². The van der Waals surface area contributed by atoms with E-state index in [4.69, 9.17) is 0 Å². The van der Waals surface area contributed by atoms with Gasteiger partial charge in [-0.25, -0.2) is 9.07 Å². The second-order valence-electron chi connectivity index (χ2n) is 3.62. The summed E-state index contributed by atoms with van der Waals surface area (Å²) >= 11 is 0. The number of benzene rings is 1. The smallest absolute Gasteiger partial charge is 0.267 e. The van der Waals surface area contributed by atoms with E-state index in [9.17, 15) is 9.18 Å². The van der Waals surface area contributed by atoms with E-state index in [1.807, 2.05) is 0 Å².